The zero-order valence-corrected chi connectivity index (χ0v) is 13.7. The molecule has 0 saturated carbocycles. The zero-order valence-electron chi connectivity index (χ0n) is 12.9. The van der Waals surface area contributed by atoms with E-state index in [-0.39, 0.29) is 18.6 Å². The van der Waals surface area contributed by atoms with Crippen LogP contribution in [-0.2, 0) is 20.6 Å². The Morgan fingerprint density at radius 3 is 2.29 bits per heavy atom. The number of aliphatic carboxylic acids is 1. The number of hydrogen-bond acceptors (Lipinski definition) is 3. The minimum Gasteiger partial charge on any atom is -0.481 e. The van der Waals surface area contributed by atoms with Gasteiger partial charge in [-0.25, -0.2) is 17.5 Å². The van der Waals surface area contributed by atoms with Crippen molar-refractivity contribution >= 4 is 16.0 Å². The third kappa shape index (κ3) is 5.75. The van der Waals surface area contributed by atoms with Gasteiger partial charge in [0.2, 0.25) is 10.0 Å². The Balaban J connectivity index is 2.17. The molecule has 2 N–H and O–H groups in total. The first-order valence-corrected chi connectivity index (χ1v) is 9.02. The van der Waals surface area contributed by atoms with Gasteiger partial charge < -0.3 is 5.11 Å². The molecule has 7 heteroatoms. The lowest BCUT2D eigenvalue weighted by Gasteiger charge is -2.18. The van der Waals surface area contributed by atoms with Gasteiger partial charge in [-0.3, -0.25) is 4.79 Å². The molecule has 0 amide bonds. The molecule has 1 atom stereocenters. The highest BCUT2D eigenvalue weighted by Gasteiger charge is 2.21. The number of benzene rings is 2. The average Bonchev–Trinajstić information content (AvgIpc) is 2.52. The maximum Gasteiger partial charge on any atom is 0.303 e. The first-order valence-electron chi connectivity index (χ1n) is 7.37. The lowest BCUT2D eigenvalue weighted by Crippen LogP contribution is -2.30. The van der Waals surface area contributed by atoms with Crippen LogP contribution in [0, 0.1) is 5.82 Å². The highest BCUT2D eigenvalue weighted by molar-refractivity contribution is 7.88. The van der Waals surface area contributed by atoms with Crippen molar-refractivity contribution in [2.45, 2.75) is 24.6 Å². The summed E-state index contributed by atoms with van der Waals surface area (Å²) >= 11 is 0. The zero-order chi connectivity index (χ0) is 17.6. The number of carboxylic acids is 1. The maximum atomic E-state index is 13.1. The molecule has 0 radical (unpaired) electrons. The number of rotatable bonds is 8. The van der Waals surface area contributed by atoms with Crippen LogP contribution in [0.2, 0.25) is 0 Å². The van der Waals surface area contributed by atoms with E-state index in [9.17, 15) is 17.6 Å². The van der Waals surface area contributed by atoms with E-state index < -0.39 is 27.9 Å². The lowest BCUT2D eigenvalue weighted by atomic mass is 10.0. The fourth-order valence-corrected chi connectivity index (χ4v) is 3.71. The average molecular weight is 351 g/mol. The summed E-state index contributed by atoms with van der Waals surface area (Å²) in [5, 5.41) is 8.85. The number of nitrogens with one attached hydrogen (secondary N) is 1. The van der Waals surface area contributed by atoms with Crippen molar-refractivity contribution in [2.75, 3.05) is 0 Å². The van der Waals surface area contributed by atoms with E-state index in [4.69, 9.17) is 5.11 Å². The van der Waals surface area contributed by atoms with Crippen molar-refractivity contribution in [3.05, 3.63) is 71.5 Å². The Hall–Kier alpha value is -2.25. The second kappa shape index (κ2) is 8.03. The highest BCUT2D eigenvalue weighted by Crippen LogP contribution is 2.21. The molecule has 1 unspecified atom stereocenters. The molecule has 0 aliphatic carbocycles. The third-order valence-electron chi connectivity index (χ3n) is 3.44. The summed E-state index contributed by atoms with van der Waals surface area (Å²) in [5.41, 5.74) is 1.15. The Morgan fingerprint density at radius 1 is 1.08 bits per heavy atom. The number of halogens is 1. The highest BCUT2D eigenvalue weighted by atomic mass is 32.2. The smallest absolute Gasteiger partial charge is 0.303 e. The van der Waals surface area contributed by atoms with Crippen molar-refractivity contribution < 1.29 is 22.7 Å². The number of hydrogen-bond donors (Lipinski definition) is 2. The van der Waals surface area contributed by atoms with Crippen LogP contribution in [0.3, 0.4) is 0 Å². The van der Waals surface area contributed by atoms with E-state index in [1.54, 1.807) is 30.3 Å². The van der Waals surface area contributed by atoms with Crippen molar-refractivity contribution in [1.29, 1.82) is 0 Å². The minimum atomic E-state index is -3.68. The predicted molar refractivity (Wildman–Crippen MR) is 88.2 cm³/mol. The number of carbonyl (C=O) groups is 1. The quantitative estimate of drug-likeness (QED) is 0.766. The van der Waals surface area contributed by atoms with Gasteiger partial charge in [-0.15, -0.1) is 0 Å². The molecule has 0 aliphatic rings. The Morgan fingerprint density at radius 2 is 1.71 bits per heavy atom. The van der Waals surface area contributed by atoms with Crippen LogP contribution in [0.1, 0.15) is 30.0 Å². The van der Waals surface area contributed by atoms with E-state index >= 15 is 0 Å². The van der Waals surface area contributed by atoms with Crippen LogP contribution in [0.4, 0.5) is 4.39 Å². The van der Waals surface area contributed by atoms with Crippen LogP contribution in [-0.4, -0.2) is 19.5 Å². The molecule has 0 saturated heterocycles. The number of sulfonamides is 1. The summed E-state index contributed by atoms with van der Waals surface area (Å²) in [4.78, 5) is 10.8. The van der Waals surface area contributed by atoms with Crippen molar-refractivity contribution in [3.8, 4) is 0 Å². The molecule has 0 fully saturated rings. The molecular weight excluding hydrogens is 333 g/mol. The Kier molecular flexibility index (Phi) is 6.05. The van der Waals surface area contributed by atoms with Gasteiger partial charge in [0.15, 0.2) is 0 Å². The van der Waals surface area contributed by atoms with Gasteiger partial charge in [-0.1, -0.05) is 42.5 Å². The van der Waals surface area contributed by atoms with Gasteiger partial charge in [-0.05, 0) is 29.7 Å². The molecule has 2 aromatic rings. The fourth-order valence-electron chi connectivity index (χ4n) is 2.31. The van der Waals surface area contributed by atoms with Gasteiger partial charge in [-0.2, -0.15) is 0 Å². The second-order valence-corrected chi connectivity index (χ2v) is 7.15. The summed E-state index contributed by atoms with van der Waals surface area (Å²) in [6, 6.07) is 13.3. The molecule has 2 aromatic carbocycles. The van der Waals surface area contributed by atoms with Crippen LogP contribution in [0.25, 0.3) is 0 Å². The standard InChI is InChI=1S/C17H18FNO4S/c18-15-8-6-14(7-9-15)16(10-11-17(20)21)19-24(22,23)12-13-4-2-1-3-5-13/h1-9,16,19H,10-12H2,(H,20,21). The second-order valence-electron chi connectivity index (χ2n) is 5.40. The molecule has 0 heterocycles. The number of carboxylic acid groups (broad SMARTS) is 1. The van der Waals surface area contributed by atoms with Gasteiger partial charge in [0.05, 0.1) is 5.75 Å². The Labute approximate surface area is 140 Å². The van der Waals surface area contributed by atoms with E-state index in [1.165, 1.54) is 24.3 Å². The molecule has 0 aliphatic heterocycles. The fraction of sp³-hybridized carbons (Fsp3) is 0.235. The Bertz CT molecular complexity index is 776. The van der Waals surface area contributed by atoms with E-state index in [1.807, 2.05) is 0 Å². The van der Waals surface area contributed by atoms with E-state index in [0.717, 1.165) is 0 Å². The molecule has 0 spiro atoms. The maximum absolute atomic E-state index is 13.1. The van der Waals surface area contributed by atoms with Crippen molar-refractivity contribution in [3.63, 3.8) is 0 Å². The van der Waals surface area contributed by atoms with Gasteiger partial charge in [0.25, 0.3) is 0 Å². The van der Waals surface area contributed by atoms with Crippen molar-refractivity contribution in [2.24, 2.45) is 0 Å². The topological polar surface area (TPSA) is 83.5 Å². The first-order chi connectivity index (χ1) is 11.4. The molecule has 2 rings (SSSR count). The van der Waals surface area contributed by atoms with Crippen molar-refractivity contribution in [1.82, 2.24) is 4.72 Å². The van der Waals surface area contributed by atoms with Gasteiger partial charge in [0, 0.05) is 12.5 Å². The van der Waals surface area contributed by atoms with Crippen LogP contribution in [0.15, 0.2) is 54.6 Å². The van der Waals surface area contributed by atoms with Gasteiger partial charge in [0.1, 0.15) is 5.82 Å². The third-order valence-corrected chi connectivity index (χ3v) is 4.80. The summed E-state index contributed by atoms with van der Waals surface area (Å²) in [6.07, 6.45) is -0.120. The molecule has 0 bridgehead atoms. The lowest BCUT2D eigenvalue weighted by molar-refractivity contribution is -0.137. The predicted octanol–water partition coefficient (Wildman–Crippen LogP) is 2.85. The molecule has 5 nitrogen and oxygen atoms in total. The summed E-state index contributed by atoms with van der Waals surface area (Å²) < 4.78 is 40.3. The molecule has 128 valence electrons. The minimum absolute atomic E-state index is 0.0784. The SMILES string of the molecule is O=C(O)CCC(NS(=O)(=O)Cc1ccccc1)c1ccc(F)cc1. The summed E-state index contributed by atoms with van der Waals surface area (Å²) in [6.45, 7) is 0. The van der Waals surface area contributed by atoms with E-state index in [0.29, 0.717) is 11.1 Å². The van der Waals surface area contributed by atoms with Crippen LogP contribution < -0.4 is 4.72 Å². The molecule has 24 heavy (non-hydrogen) atoms. The van der Waals surface area contributed by atoms with Crippen LogP contribution in [0.5, 0.6) is 0 Å². The van der Waals surface area contributed by atoms with E-state index in [2.05, 4.69) is 4.72 Å². The summed E-state index contributed by atoms with van der Waals surface area (Å²) in [7, 11) is -3.68. The summed E-state index contributed by atoms with van der Waals surface area (Å²) in [5.74, 6) is -1.68. The first kappa shape index (κ1) is 18.1. The molecule has 0 aromatic heterocycles. The largest absolute Gasteiger partial charge is 0.481 e. The monoisotopic (exact) mass is 351 g/mol. The molecular formula is C17H18FNO4S. The van der Waals surface area contributed by atoms with Crippen LogP contribution >= 0.6 is 0 Å². The normalized spacial score (nSPS) is 12.7. The van der Waals surface area contributed by atoms with Gasteiger partial charge >= 0.3 is 5.97 Å².